The van der Waals surface area contributed by atoms with Gasteiger partial charge in [0.25, 0.3) is 5.91 Å². The van der Waals surface area contributed by atoms with E-state index in [0.29, 0.717) is 11.6 Å². The van der Waals surface area contributed by atoms with Crippen LogP contribution in [0.15, 0.2) is 18.3 Å². The van der Waals surface area contributed by atoms with Gasteiger partial charge < -0.3 is 5.32 Å². The minimum absolute atomic E-state index is 0.00750. The highest BCUT2D eigenvalue weighted by Crippen LogP contribution is 2.19. The molecule has 0 aromatic carbocycles. The molecule has 2 rings (SSSR count). The third-order valence-electron chi connectivity index (χ3n) is 2.16. The van der Waals surface area contributed by atoms with Gasteiger partial charge in [0, 0.05) is 17.9 Å². The zero-order valence-corrected chi connectivity index (χ0v) is 9.58. The first-order chi connectivity index (χ1) is 7.27. The summed E-state index contributed by atoms with van der Waals surface area (Å²) < 4.78 is 0. The molecule has 3 nitrogen and oxygen atoms in total. The Morgan fingerprint density at radius 1 is 1.47 bits per heavy atom. The van der Waals surface area contributed by atoms with E-state index in [1.807, 2.05) is 20.8 Å². The molecule has 1 saturated carbocycles. The van der Waals surface area contributed by atoms with E-state index in [1.165, 1.54) is 0 Å². The van der Waals surface area contributed by atoms with E-state index < -0.39 is 0 Å². The largest absolute Gasteiger partial charge is 0.349 e. The third-order valence-corrected chi connectivity index (χ3v) is 2.16. The van der Waals surface area contributed by atoms with E-state index in [9.17, 15) is 4.79 Å². The molecule has 1 aromatic heterocycles. The van der Waals surface area contributed by atoms with Crippen molar-refractivity contribution in [3.05, 3.63) is 29.6 Å². The van der Waals surface area contributed by atoms with Crippen LogP contribution in [0.25, 0.3) is 0 Å². The van der Waals surface area contributed by atoms with Crippen LogP contribution in [0.1, 0.15) is 42.7 Å². The summed E-state index contributed by atoms with van der Waals surface area (Å²) in [5.74, 6) is 0.00750. The molecule has 0 aliphatic heterocycles. The second kappa shape index (κ2) is 5.49. The van der Waals surface area contributed by atoms with Crippen molar-refractivity contribution in [3.63, 3.8) is 0 Å². The van der Waals surface area contributed by atoms with E-state index in [4.69, 9.17) is 0 Å². The van der Waals surface area contributed by atoms with Gasteiger partial charge in [0.1, 0.15) is 0 Å². The minimum atomic E-state index is 0.00750. The van der Waals surface area contributed by atoms with Crippen molar-refractivity contribution in [2.75, 3.05) is 0 Å². The summed E-state index contributed by atoms with van der Waals surface area (Å²) in [6, 6.07) is 4.00. The number of nitrogens with one attached hydrogen (secondary N) is 1. The normalized spacial score (nSPS) is 13.8. The third kappa shape index (κ3) is 3.35. The number of amides is 1. The van der Waals surface area contributed by atoms with Crippen molar-refractivity contribution < 1.29 is 4.79 Å². The van der Waals surface area contributed by atoms with Crippen LogP contribution < -0.4 is 5.32 Å². The molecule has 0 saturated heterocycles. The van der Waals surface area contributed by atoms with E-state index in [1.54, 1.807) is 18.3 Å². The molecule has 0 atom stereocenters. The quantitative estimate of drug-likeness (QED) is 0.806. The van der Waals surface area contributed by atoms with Gasteiger partial charge in [0.15, 0.2) is 0 Å². The van der Waals surface area contributed by atoms with Gasteiger partial charge in [-0.1, -0.05) is 13.8 Å². The van der Waals surface area contributed by atoms with Crippen molar-refractivity contribution in [1.82, 2.24) is 10.3 Å². The monoisotopic (exact) mass is 206 g/mol. The average molecular weight is 206 g/mol. The molecule has 82 valence electrons. The van der Waals surface area contributed by atoms with Crippen LogP contribution in [0.3, 0.4) is 0 Å². The first-order valence-corrected chi connectivity index (χ1v) is 5.50. The highest BCUT2D eigenvalue weighted by molar-refractivity contribution is 5.95. The Balaban J connectivity index is 0.000000531. The van der Waals surface area contributed by atoms with E-state index in [-0.39, 0.29) is 5.91 Å². The van der Waals surface area contributed by atoms with Crippen LogP contribution in [-0.4, -0.2) is 16.9 Å². The Bertz CT molecular complexity index is 332. The number of carbonyl (C=O) groups is 1. The van der Waals surface area contributed by atoms with Crippen molar-refractivity contribution in [1.29, 1.82) is 0 Å². The van der Waals surface area contributed by atoms with Gasteiger partial charge in [-0.2, -0.15) is 0 Å². The molecule has 1 amide bonds. The zero-order valence-electron chi connectivity index (χ0n) is 9.58. The van der Waals surface area contributed by atoms with Crippen molar-refractivity contribution in [3.8, 4) is 0 Å². The van der Waals surface area contributed by atoms with Gasteiger partial charge in [-0.05, 0) is 31.9 Å². The van der Waals surface area contributed by atoms with Gasteiger partial charge in [0.05, 0.1) is 5.56 Å². The maximum absolute atomic E-state index is 11.6. The summed E-state index contributed by atoms with van der Waals surface area (Å²) in [6.45, 7) is 5.85. The molecule has 1 fully saturated rings. The summed E-state index contributed by atoms with van der Waals surface area (Å²) in [5.41, 5.74) is 1.48. The number of pyridine rings is 1. The van der Waals surface area contributed by atoms with Crippen molar-refractivity contribution in [2.45, 2.75) is 39.7 Å². The fourth-order valence-corrected chi connectivity index (χ4v) is 1.22. The average Bonchev–Trinajstić information content (AvgIpc) is 3.05. The number of aryl methyl sites for hydroxylation is 1. The second-order valence-electron chi connectivity index (χ2n) is 3.38. The first-order valence-electron chi connectivity index (χ1n) is 5.50. The van der Waals surface area contributed by atoms with Gasteiger partial charge in [-0.25, -0.2) is 0 Å². The fourth-order valence-electron chi connectivity index (χ4n) is 1.22. The number of hydrogen-bond acceptors (Lipinski definition) is 2. The van der Waals surface area contributed by atoms with E-state index in [2.05, 4.69) is 10.3 Å². The molecule has 1 heterocycles. The maximum atomic E-state index is 11.6. The highest BCUT2D eigenvalue weighted by atomic mass is 16.1. The molecule has 0 unspecified atom stereocenters. The molecule has 0 bridgehead atoms. The smallest absolute Gasteiger partial charge is 0.253 e. The van der Waals surface area contributed by atoms with E-state index >= 15 is 0 Å². The summed E-state index contributed by atoms with van der Waals surface area (Å²) in [7, 11) is 0. The Morgan fingerprint density at radius 2 is 2.13 bits per heavy atom. The van der Waals surface area contributed by atoms with Gasteiger partial charge in [-0.3, -0.25) is 9.78 Å². The number of rotatable bonds is 2. The summed E-state index contributed by atoms with van der Waals surface area (Å²) in [6.07, 6.45) is 3.93. The van der Waals surface area contributed by atoms with E-state index in [0.717, 1.165) is 18.5 Å². The van der Waals surface area contributed by atoms with Gasteiger partial charge in [-0.15, -0.1) is 0 Å². The van der Waals surface area contributed by atoms with Crippen LogP contribution in [0.5, 0.6) is 0 Å². The Kier molecular flexibility index (Phi) is 4.28. The predicted molar refractivity (Wildman–Crippen MR) is 60.8 cm³/mol. The standard InChI is InChI=1S/C10H12N2O.C2H6/c1-7-9(3-2-6-11-7)10(13)12-8-4-5-8;1-2/h2-3,6,8H,4-5H2,1H3,(H,12,13);1-2H3. The van der Waals surface area contributed by atoms with Crippen LogP contribution in [0, 0.1) is 6.92 Å². The minimum Gasteiger partial charge on any atom is -0.349 e. The molecule has 0 radical (unpaired) electrons. The molecule has 1 aliphatic carbocycles. The number of aromatic nitrogens is 1. The number of hydrogen-bond donors (Lipinski definition) is 1. The van der Waals surface area contributed by atoms with Crippen LogP contribution in [0.2, 0.25) is 0 Å². The molecule has 1 aliphatic rings. The van der Waals surface area contributed by atoms with Gasteiger partial charge >= 0.3 is 0 Å². The lowest BCUT2D eigenvalue weighted by Crippen LogP contribution is -2.26. The Labute approximate surface area is 90.9 Å². The molecule has 0 spiro atoms. The summed E-state index contributed by atoms with van der Waals surface area (Å²) in [5, 5.41) is 2.93. The summed E-state index contributed by atoms with van der Waals surface area (Å²) in [4.78, 5) is 15.6. The molecular formula is C12H18N2O. The number of nitrogens with zero attached hydrogens (tertiary/aromatic N) is 1. The molecule has 1 aromatic rings. The Morgan fingerprint density at radius 3 is 2.67 bits per heavy atom. The number of carbonyl (C=O) groups excluding carboxylic acids is 1. The zero-order chi connectivity index (χ0) is 11.3. The topological polar surface area (TPSA) is 42.0 Å². The lowest BCUT2D eigenvalue weighted by Gasteiger charge is -2.04. The lowest BCUT2D eigenvalue weighted by molar-refractivity contribution is 0.0950. The SMILES string of the molecule is CC.Cc1ncccc1C(=O)NC1CC1. The fraction of sp³-hybridized carbons (Fsp3) is 0.500. The van der Waals surface area contributed by atoms with Crippen LogP contribution in [0.4, 0.5) is 0 Å². The van der Waals surface area contributed by atoms with Crippen LogP contribution in [-0.2, 0) is 0 Å². The highest BCUT2D eigenvalue weighted by Gasteiger charge is 2.24. The Hall–Kier alpha value is -1.38. The first kappa shape index (κ1) is 11.7. The van der Waals surface area contributed by atoms with Crippen LogP contribution >= 0.6 is 0 Å². The second-order valence-corrected chi connectivity index (χ2v) is 3.38. The molecule has 15 heavy (non-hydrogen) atoms. The summed E-state index contributed by atoms with van der Waals surface area (Å²) >= 11 is 0. The molecular weight excluding hydrogens is 188 g/mol. The lowest BCUT2D eigenvalue weighted by atomic mass is 10.2. The molecule has 3 heteroatoms. The predicted octanol–water partition coefficient (Wildman–Crippen LogP) is 2.31. The molecule has 1 N–H and O–H groups in total. The maximum Gasteiger partial charge on any atom is 0.253 e. The van der Waals surface area contributed by atoms with Crippen molar-refractivity contribution >= 4 is 5.91 Å². The van der Waals surface area contributed by atoms with Gasteiger partial charge in [0.2, 0.25) is 0 Å². The van der Waals surface area contributed by atoms with Crippen molar-refractivity contribution in [2.24, 2.45) is 0 Å².